The number of halogens is 3. The monoisotopic (exact) mass is 278 g/mol. The Morgan fingerprint density at radius 3 is 2.47 bits per heavy atom. The highest BCUT2D eigenvalue weighted by Crippen LogP contribution is 2.22. The lowest BCUT2D eigenvalue weighted by Gasteiger charge is -2.26. The molecule has 3 nitrogen and oxygen atoms in total. The molecule has 0 spiro atoms. The molecule has 0 saturated heterocycles. The molecular formula is C13H21F3N2O. The average Bonchev–Trinajstić information content (AvgIpc) is 2.57. The van der Waals surface area contributed by atoms with Crippen molar-refractivity contribution in [3.05, 3.63) is 23.2 Å². The molecule has 0 aliphatic carbocycles. The van der Waals surface area contributed by atoms with Crippen molar-refractivity contribution in [2.75, 3.05) is 13.6 Å². The lowest BCUT2D eigenvalue weighted by atomic mass is 10.2. The molecule has 1 aromatic heterocycles. The quantitative estimate of drug-likeness (QED) is 0.867. The maximum atomic E-state index is 12.5. The summed E-state index contributed by atoms with van der Waals surface area (Å²) in [6.45, 7) is 5.20. The Kier molecular flexibility index (Phi) is 5.43. The van der Waals surface area contributed by atoms with E-state index in [1.807, 2.05) is 20.0 Å². The second-order valence-electron chi connectivity index (χ2n) is 4.94. The average molecular weight is 278 g/mol. The van der Waals surface area contributed by atoms with Crippen LogP contribution in [0.5, 0.6) is 0 Å². The molecule has 19 heavy (non-hydrogen) atoms. The fourth-order valence-electron chi connectivity index (χ4n) is 1.88. The van der Waals surface area contributed by atoms with Crippen LogP contribution in [0.1, 0.15) is 30.9 Å². The zero-order valence-electron chi connectivity index (χ0n) is 11.8. The van der Waals surface area contributed by atoms with Crippen LogP contribution >= 0.6 is 0 Å². The number of hydrogen-bond donors (Lipinski definition) is 1. The molecule has 0 aliphatic heterocycles. The number of nitrogens with zero attached hydrogens (tertiary/aromatic N) is 1. The van der Waals surface area contributed by atoms with Gasteiger partial charge >= 0.3 is 6.18 Å². The van der Waals surface area contributed by atoms with E-state index in [1.165, 1.54) is 4.90 Å². The number of nitrogens with one attached hydrogen (secondary N) is 1. The third kappa shape index (κ3) is 5.24. The van der Waals surface area contributed by atoms with E-state index < -0.39 is 12.7 Å². The molecule has 0 saturated carbocycles. The van der Waals surface area contributed by atoms with E-state index in [1.54, 1.807) is 13.8 Å². The number of aryl methyl sites for hydroxylation is 1. The molecule has 1 rings (SSSR count). The maximum Gasteiger partial charge on any atom is 0.401 e. The minimum Gasteiger partial charge on any atom is -0.465 e. The van der Waals surface area contributed by atoms with Gasteiger partial charge < -0.3 is 9.73 Å². The van der Waals surface area contributed by atoms with E-state index >= 15 is 0 Å². The molecule has 0 unspecified atom stereocenters. The summed E-state index contributed by atoms with van der Waals surface area (Å²) in [4.78, 5) is 1.35. The van der Waals surface area contributed by atoms with E-state index in [-0.39, 0.29) is 12.6 Å². The first-order valence-electron chi connectivity index (χ1n) is 6.26. The lowest BCUT2D eigenvalue weighted by Crippen LogP contribution is -2.38. The van der Waals surface area contributed by atoms with Gasteiger partial charge in [0.2, 0.25) is 0 Å². The molecule has 6 heteroatoms. The van der Waals surface area contributed by atoms with Gasteiger partial charge in [0.05, 0.1) is 13.1 Å². The standard InChI is InChI=1S/C13H21F3N2O/c1-9(2)18(8-13(14,15)16)7-12-5-11(6-17-4)10(3)19-12/h5,9,17H,6-8H2,1-4H3. The molecule has 0 bridgehead atoms. The Hall–Kier alpha value is -1.01. The first-order chi connectivity index (χ1) is 8.73. The predicted molar refractivity (Wildman–Crippen MR) is 67.8 cm³/mol. The summed E-state index contributed by atoms with van der Waals surface area (Å²) in [7, 11) is 1.82. The molecule has 0 atom stereocenters. The Morgan fingerprint density at radius 2 is 2.00 bits per heavy atom. The van der Waals surface area contributed by atoms with Crippen LogP contribution < -0.4 is 5.32 Å². The van der Waals surface area contributed by atoms with Gasteiger partial charge in [-0.2, -0.15) is 13.2 Å². The fourth-order valence-corrected chi connectivity index (χ4v) is 1.88. The van der Waals surface area contributed by atoms with Crippen molar-refractivity contribution in [2.24, 2.45) is 0 Å². The van der Waals surface area contributed by atoms with Crippen LogP contribution in [-0.2, 0) is 13.1 Å². The molecule has 0 fully saturated rings. The SMILES string of the molecule is CNCc1cc(CN(CC(F)(F)F)C(C)C)oc1C. The number of rotatable bonds is 6. The summed E-state index contributed by atoms with van der Waals surface area (Å²) in [5, 5.41) is 3.00. The first kappa shape index (κ1) is 16.0. The molecule has 1 heterocycles. The van der Waals surface area contributed by atoms with Crippen LogP contribution in [0.25, 0.3) is 0 Å². The van der Waals surface area contributed by atoms with Crippen LogP contribution in [0, 0.1) is 6.92 Å². The zero-order valence-corrected chi connectivity index (χ0v) is 11.8. The highest BCUT2D eigenvalue weighted by molar-refractivity contribution is 5.20. The molecule has 0 amide bonds. The molecule has 1 aromatic rings. The zero-order chi connectivity index (χ0) is 14.6. The molecule has 0 aromatic carbocycles. The van der Waals surface area contributed by atoms with Crippen LogP contribution in [0.2, 0.25) is 0 Å². The summed E-state index contributed by atoms with van der Waals surface area (Å²) in [5.74, 6) is 1.32. The second kappa shape index (κ2) is 6.43. The maximum absolute atomic E-state index is 12.5. The minimum atomic E-state index is -4.19. The van der Waals surface area contributed by atoms with Gasteiger partial charge in [-0.05, 0) is 33.9 Å². The van der Waals surface area contributed by atoms with Gasteiger partial charge in [0, 0.05) is 18.2 Å². The summed E-state index contributed by atoms with van der Waals surface area (Å²) >= 11 is 0. The van der Waals surface area contributed by atoms with Gasteiger partial charge in [-0.25, -0.2) is 0 Å². The highest BCUT2D eigenvalue weighted by atomic mass is 19.4. The van der Waals surface area contributed by atoms with Gasteiger partial charge in [-0.3, -0.25) is 4.90 Å². The lowest BCUT2D eigenvalue weighted by molar-refractivity contribution is -0.151. The van der Waals surface area contributed by atoms with Crippen molar-refractivity contribution in [2.45, 2.75) is 46.1 Å². The summed E-state index contributed by atoms with van der Waals surface area (Å²) in [6, 6.07) is 1.62. The highest BCUT2D eigenvalue weighted by Gasteiger charge is 2.32. The third-order valence-corrected chi connectivity index (χ3v) is 2.91. The Bertz CT molecular complexity index is 399. The van der Waals surface area contributed by atoms with Gasteiger partial charge in [-0.15, -0.1) is 0 Å². The summed E-state index contributed by atoms with van der Waals surface area (Å²) in [5.41, 5.74) is 0.980. The van der Waals surface area contributed by atoms with E-state index in [9.17, 15) is 13.2 Å². The van der Waals surface area contributed by atoms with Crippen molar-refractivity contribution >= 4 is 0 Å². The fraction of sp³-hybridized carbons (Fsp3) is 0.692. The number of furan rings is 1. The van der Waals surface area contributed by atoms with Crippen molar-refractivity contribution in [3.63, 3.8) is 0 Å². The van der Waals surface area contributed by atoms with Crippen molar-refractivity contribution in [1.29, 1.82) is 0 Å². The summed E-state index contributed by atoms with van der Waals surface area (Å²) < 4.78 is 43.0. The molecule has 1 N–H and O–H groups in total. The van der Waals surface area contributed by atoms with E-state index in [2.05, 4.69) is 5.32 Å². The Balaban J connectivity index is 2.76. The topological polar surface area (TPSA) is 28.4 Å². The number of alkyl halides is 3. The van der Waals surface area contributed by atoms with Crippen LogP contribution in [0.3, 0.4) is 0 Å². The van der Waals surface area contributed by atoms with Gasteiger partial charge in [0.15, 0.2) is 0 Å². The van der Waals surface area contributed by atoms with Crippen molar-refractivity contribution in [3.8, 4) is 0 Å². The molecular weight excluding hydrogens is 257 g/mol. The molecule has 0 radical (unpaired) electrons. The van der Waals surface area contributed by atoms with E-state index in [4.69, 9.17) is 4.42 Å². The first-order valence-corrected chi connectivity index (χ1v) is 6.26. The Morgan fingerprint density at radius 1 is 1.37 bits per heavy atom. The van der Waals surface area contributed by atoms with Gasteiger partial charge in [-0.1, -0.05) is 0 Å². The molecule has 0 aliphatic rings. The minimum absolute atomic E-state index is 0.168. The van der Waals surface area contributed by atoms with Crippen molar-refractivity contribution in [1.82, 2.24) is 10.2 Å². The van der Waals surface area contributed by atoms with Gasteiger partial charge in [0.25, 0.3) is 0 Å². The largest absolute Gasteiger partial charge is 0.465 e. The number of hydrogen-bond acceptors (Lipinski definition) is 3. The predicted octanol–water partition coefficient (Wildman–Crippen LogP) is 3.08. The summed E-state index contributed by atoms with van der Waals surface area (Å²) in [6.07, 6.45) is -4.19. The molecule has 110 valence electrons. The van der Waals surface area contributed by atoms with Gasteiger partial charge in [0.1, 0.15) is 11.5 Å². The van der Waals surface area contributed by atoms with Crippen LogP contribution in [0.4, 0.5) is 13.2 Å². The van der Waals surface area contributed by atoms with E-state index in [0.29, 0.717) is 12.3 Å². The van der Waals surface area contributed by atoms with Crippen molar-refractivity contribution < 1.29 is 17.6 Å². The normalized spacial score (nSPS) is 12.7. The van der Waals surface area contributed by atoms with Crippen LogP contribution in [-0.4, -0.2) is 30.7 Å². The third-order valence-electron chi connectivity index (χ3n) is 2.91. The Labute approximate surface area is 111 Å². The second-order valence-corrected chi connectivity index (χ2v) is 4.94. The smallest absolute Gasteiger partial charge is 0.401 e. The van der Waals surface area contributed by atoms with Crippen LogP contribution in [0.15, 0.2) is 10.5 Å². The van der Waals surface area contributed by atoms with E-state index in [0.717, 1.165) is 11.3 Å².